The molecular formula is C17H17N7. The lowest BCUT2D eigenvalue weighted by atomic mass is 10.1. The Morgan fingerprint density at radius 3 is 2.71 bits per heavy atom. The van der Waals surface area contributed by atoms with Gasteiger partial charge in [0.1, 0.15) is 5.82 Å². The molecule has 0 saturated heterocycles. The van der Waals surface area contributed by atoms with Crippen LogP contribution in [0.1, 0.15) is 0 Å². The number of hydrogen-bond acceptors (Lipinski definition) is 5. The Kier molecular flexibility index (Phi) is 3.59. The van der Waals surface area contributed by atoms with E-state index >= 15 is 0 Å². The van der Waals surface area contributed by atoms with E-state index in [0.29, 0.717) is 5.82 Å². The van der Waals surface area contributed by atoms with Crippen molar-refractivity contribution in [1.29, 1.82) is 0 Å². The van der Waals surface area contributed by atoms with Crippen molar-refractivity contribution in [3.63, 3.8) is 0 Å². The monoisotopic (exact) mass is 319 g/mol. The molecule has 1 aromatic carbocycles. The summed E-state index contributed by atoms with van der Waals surface area (Å²) < 4.78 is 3.69. The summed E-state index contributed by atoms with van der Waals surface area (Å²) >= 11 is 0. The molecule has 0 spiro atoms. The van der Waals surface area contributed by atoms with Gasteiger partial charge in [0.05, 0.1) is 17.7 Å². The second-order valence-electron chi connectivity index (χ2n) is 5.44. The summed E-state index contributed by atoms with van der Waals surface area (Å²) in [6, 6.07) is 11.7. The van der Waals surface area contributed by atoms with Crippen LogP contribution in [0, 0.1) is 0 Å². The first-order valence-electron chi connectivity index (χ1n) is 7.71. The second kappa shape index (κ2) is 6.04. The Labute approximate surface area is 138 Å². The van der Waals surface area contributed by atoms with E-state index in [1.165, 1.54) is 0 Å². The topological polar surface area (TPSA) is 86.6 Å². The molecule has 4 rings (SSSR count). The van der Waals surface area contributed by atoms with Crippen LogP contribution in [0.3, 0.4) is 0 Å². The largest absolute Gasteiger partial charge is 0.384 e. The number of anilines is 2. The van der Waals surface area contributed by atoms with E-state index in [1.807, 2.05) is 53.5 Å². The lowest BCUT2D eigenvalue weighted by Gasteiger charge is -2.12. The van der Waals surface area contributed by atoms with Gasteiger partial charge in [-0.2, -0.15) is 10.2 Å². The lowest BCUT2D eigenvalue weighted by Crippen LogP contribution is -2.11. The number of nitrogens with one attached hydrogen (secondary N) is 1. The summed E-state index contributed by atoms with van der Waals surface area (Å²) in [6.45, 7) is 1.53. The fraction of sp³-hybridized carbons (Fsp3) is 0.118. The summed E-state index contributed by atoms with van der Waals surface area (Å²) in [7, 11) is 0. The molecule has 0 fully saturated rings. The molecule has 3 N–H and O–H groups in total. The Hall–Kier alpha value is -3.35. The molecule has 0 aliphatic carbocycles. The smallest absolute Gasteiger partial charge is 0.126 e. The van der Waals surface area contributed by atoms with Crippen molar-refractivity contribution in [1.82, 2.24) is 24.5 Å². The molecule has 7 heteroatoms. The van der Waals surface area contributed by atoms with Gasteiger partial charge in [-0.25, -0.2) is 9.67 Å². The minimum Gasteiger partial charge on any atom is -0.384 e. The number of aromatic nitrogens is 5. The summed E-state index contributed by atoms with van der Waals surface area (Å²) in [6.07, 6.45) is 7.36. The van der Waals surface area contributed by atoms with Crippen molar-refractivity contribution < 1.29 is 0 Å². The minimum absolute atomic E-state index is 0.488. The van der Waals surface area contributed by atoms with Crippen LogP contribution in [-0.2, 0) is 6.54 Å². The fourth-order valence-corrected chi connectivity index (χ4v) is 2.69. The molecule has 4 aromatic rings. The Morgan fingerprint density at radius 1 is 1.04 bits per heavy atom. The number of benzene rings is 1. The van der Waals surface area contributed by atoms with Crippen LogP contribution >= 0.6 is 0 Å². The standard InChI is InChI=1S/C17H17N7/c18-17-12-15(19-7-10-23-8-1-5-20-23)14-4-3-13(11-16(14)22-17)24-9-2-6-21-24/h1-6,8-9,11-12H,7,10H2,(H3,18,19,22). The van der Waals surface area contributed by atoms with E-state index < -0.39 is 0 Å². The van der Waals surface area contributed by atoms with Gasteiger partial charge in [0.25, 0.3) is 0 Å². The molecule has 24 heavy (non-hydrogen) atoms. The van der Waals surface area contributed by atoms with Gasteiger partial charge in [-0.1, -0.05) is 0 Å². The predicted molar refractivity (Wildman–Crippen MR) is 94.0 cm³/mol. The molecule has 0 saturated carbocycles. The highest BCUT2D eigenvalue weighted by atomic mass is 15.3. The molecule has 0 aliphatic heterocycles. The summed E-state index contributed by atoms with van der Waals surface area (Å²) in [4.78, 5) is 4.44. The molecule has 120 valence electrons. The molecule has 0 amide bonds. The third-order valence-electron chi connectivity index (χ3n) is 3.80. The first-order valence-corrected chi connectivity index (χ1v) is 7.71. The molecule has 3 heterocycles. The summed E-state index contributed by atoms with van der Waals surface area (Å²) in [5, 5.41) is 12.9. The molecule has 0 radical (unpaired) electrons. The highest BCUT2D eigenvalue weighted by Gasteiger charge is 2.06. The number of nitrogens with zero attached hydrogens (tertiary/aromatic N) is 5. The van der Waals surface area contributed by atoms with Crippen molar-refractivity contribution in [3.8, 4) is 5.69 Å². The van der Waals surface area contributed by atoms with Gasteiger partial charge in [0.15, 0.2) is 0 Å². The third kappa shape index (κ3) is 2.79. The molecular weight excluding hydrogens is 302 g/mol. The molecule has 0 unspecified atom stereocenters. The average Bonchev–Trinajstić information content (AvgIpc) is 3.28. The van der Waals surface area contributed by atoms with Crippen LogP contribution in [0.2, 0.25) is 0 Å². The van der Waals surface area contributed by atoms with Gasteiger partial charge in [-0.15, -0.1) is 0 Å². The van der Waals surface area contributed by atoms with Gasteiger partial charge in [0, 0.05) is 48.5 Å². The maximum atomic E-state index is 5.97. The normalized spacial score (nSPS) is 11.0. The third-order valence-corrected chi connectivity index (χ3v) is 3.80. The minimum atomic E-state index is 0.488. The lowest BCUT2D eigenvalue weighted by molar-refractivity contribution is 0.638. The van der Waals surface area contributed by atoms with Crippen molar-refractivity contribution in [3.05, 3.63) is 61.2 Å². The van der Waals surface area contributed by atoms with Crippen molar-refractivity contribution in [2.24, 2.45) is 0 Å². The quantitative estimate of drug-likeness (QED) is 0.589. The van der Waals surface area contributed by atoms with Crippen molar-refractivity contribution in [2.75, 3.05) is 17.6 Å². The maximum absolute atomic E-state index is 5.97. The van der Waals surface area contributed by atoms with Gasteiger partial charge < -0.3 is 11.1 Å². The van der Waals surface area contributed by atoms with Crippen molar-refractivity contribution >= 4 is 22.4 Å². The molecule has 0 aliphatic rings. The number of nitrogen functional groups attached to an aromatic ring is 1. The van der Waals surface area contributed by atoms with Gasteiger partial charge in [-0.05, 0) is 30.3 Å². The average molecular weight is 319 g/mol. The molecule has 7 nitrogen and oxygen atoms in total. The maximum Gasteiger partial charge on any atom is 0.126 e. The molecule has 3 aromatic heterocycles. The van der Waals surface area contributed by atoms with Crippen LogP contribution in [-0.4, -0.2) is 31.1 Å². The first kappa shape index (κ1) is 14.3. The van der Waals surface area contributed by atoms with Crippen LogP contribution in [0.5, 0.6) is 0 Å². The van der Waals surface area contributed by atoms with E-state index in [9.17, 15) is 0 Å². The predicted octanol–water partition coefficient (Wildman–Crippen LogP) is 2.31. The molecule has 0 bridgehead atoms. The van der Waals surface area contributed by atoms with E-state index in [0.717, 1.165) is 35.4 Å². The number of nitrogens with two attached hydrogens (primary N) is 1. The highest BCUT2D eigenvalue weighted by Crippen LogP contribution is 2.26. The SMILES string of the molecule is Nc1cc(NCCn2cccn2)c2ccc(-n3cccn3)cc2n1. The first-order chi connectivity index (χ1) is 11.8. The van der Waals surface area contributed by atoms with Gasteiger partial charge in [-0.3, -0.25) is 4.68 Å². The Bertz CT molecular complexity index is 943. The van der Waals surface area contributed by atoms with Crippen molar-refractivity contribution in [2.45, 2.75) is 6.54 Å². The van der Waals surface area contributed by atoms with Crippen LogP contribution in [0.15, 0.2) is 61.2 Å². The number of rotatable bonds is 5. The molecule has 0 atom stereocenters. The van der Waals surface area contributed by atoms with E-state index in [1.54, 1.807) is 17.1 Å². The second-order valence-corrected chi connectivity index (χ2v) is 5.44. The number of hydrogen-bond donors (Lipinski definition) is 2. The van der Waals surface area contributed by atoms with E-state index in [-0.39, 0.29) is 0 Å². The van der Waals surface area contributed by atoms with E-state index in [2.05, 4.69) is 20.5 Å². The summed E-state index contributed by atoms with van der Waals surface area (Å²) in [5.41, 5.74) is 8.73. The van der Waals surface area contributed by atoms with Gasteiger partial charge >= 0.3 is 0 Å². The zero-order valence-corrected chi connectivity index (χ0v) is 13.0. The van der Waals surface area contributed by atoms with Gasteiger partial charge in [0.2, 0.25) is 0 Å². The number of pyridine rings is 1. The number of fused-ring (bicyclic) bond motifs is 1. The summed E-state index contributed by atoms with van der Waals surface area (Å²) in [5.74, 6) is 0.488. The van der Waals surface area contributed by atoms with Crippen LogP contribution in [0.4, 0.5) is 11.5 Å². The zero-order valence-electron chi connectivity index (χ0n) is 13.0. The highest BCUT2D eigenvalue weighted by molar-refractivity contribution is 5.93. The fourth-order valence-electron chi connectivity index (χ4n) is 2.69. The van der Waals surface area contributed by atoms with Crippen LogP contribution in [0.25, 0.3) is 16.6 Å². The van der Waals surface area contributed by atoms with Crippen LogP contribution < -0.4 is 11.1 Å². The zero-order chi connectivity index (χ0) is 16.4. The van der Waals surface area contributed by atoms with E-state index in [4.69, 9.17) is 5.73 Å². The Morgan fingerprint density at radius 2 is 1.92 bits per heavy atom. The Balaban J connectivity index is 1.62.